The molecule has 0 saturated heterocycles. The molecule has 1 aliphatic rings. The van der Waals surface area contributed by atoms with Gasteiger partial charge >= 0.3 is 10.2 Å². The van der Waals surface area contributed by atoms with E-state index in [0.29, 0.717) is 27.5 Å². The molecule has 1 saturated carbocycles. The first kappa shape index (κ1) is 20.6. The fourth-order valence-electron chi connectivity index (χ4n) is 4.83. The number of hydrogen-bond donors (Lipinski definition) is 1. The molecule has 0 bridgehead atoms. The Balaban J connectivity index is 1.72. The van der Waals surface area contributed by atoms with Crippen molar-refractivity contribution in [2.24, 2.45) is 0 Å². The van der Waals surface area contributed by atoms with Gasteiger partial charge in [0, 0.05) is 22.3 Å². The Bertz CT molecular complexity index is 1890. The summed E-state index contributed by atoms with van der Waals surface area (Å²) < 4.78 is 38.7. The minimum absolute atomic E-state index is 0.104. The Morgan fingerprint density at radius 3 is 2.59 bits per heavy atom. The summed E-state index contributed by atoms with van der Waals surface area (Å²) in [5.41, 5.74) is 4.65. The Labute approximate surface area is 194 Å². The summed E-state index contributed by atoms with van der Waals surface area (Å²) in [5, 5.41) is 11.2. The highest BCUT2D eigenvalue weighted by Crippen LogP contribution is 2.41. The molecule has 6 rings (SSSR count). The number of halogens is 1. The fraction of sp³-hybridized carbons (Fsp3) is 0.154. The zero-order chi connectivity index (χ0) is 23.8. The number of pyridine rings is 1. The van der Waals surface area contributed by atoms with E-state index in [-0.39, 0.29) is 11.5 Å². The Morgan fingerprint density at radius 2 is 1.88 bits per heavy atom. The van der Waals surface area contributed by atoms with Crippen LogP contribution in [0.5, 0.6) is 0 Å². The molecule has 0 atom stereocenters. The lowest BCUT2D eigenvalue weighted by molar-refractivity contribution is 0.552. The van der Waals surface area contributed by atoms with Crippen LogP contribution in [0.4, 0.5) is 3.89 Å². The van der Waals surface area contributed by atoms with Gasteiger partial charge in [0.25, 0.3) is 0 Å². The Morgan fingerprint density at radius 1 is 1.09 bits per heavy atom. The van der Waals surface area contributed by atoms with Crippen molar-refractivity contribution in [2.75, 3.05) is 0 Å². The standard InChI is InChI=1S/C26H18FN3O3S/c1-14-9-21-23(12-20(14)16-3-2-4-18(11-16)34(27,32)33)30(17-6-7-17)26-24(25(21)31)19-8-5-15(13-28)10-22(19)29-26/h2-5,8-12,17,29H,6-7H2,1H3. The minimum atomic E-state index is -4.84. The number of H-pyrrole nitrogens is 1. The SMILES string of the molecule is Cc1cc2c(=O)c3c4ccc(C#N)cc4[nH]c3n(C3CC3)c2cc1-c1cccc(S(=O)(=O)F)c1. The molecule has 1 N–H and O–H groups in total. The molecule has 34 heavy (non-hydrogen) atoms. The average Bonchev–Trinajstić information content (AvgIpc) is 3.57. The van der Waals surface area contributed by atoms with Gasteiger partial charge in [-0.2, -0.15) is 13.7 Å². The van der Waals surface area contributed by atoms with Gasteiger partial charge in [-0.3, -0.25) is 4.79 Å². The number of aromatic amines is 1. The summed E-state index contributed by atoms with van der Waals surface area (Å²) >= 11 is 0. The van der Waals surface area contributed by atoms with Gasteiger partial charge in [0.15, 0.2) is 5.43 Å². The topological polar surface area (TPSA) is 95.7 Å². The maximum absolute atomic E-state index is 13.7. The first-order valence-electron chi connectivity index (χ1n) is 10.9. The lowest BCUT2D eigenvalue weighted by Gasteiger charge is -2.15. The second-order valence-electron chi connectivity index (χ2n) is 8.80. The molecular weight excluding hydrogens is 453 g/mol. The van der Waals surface area contributed by atoms with E-state index in [9.17, 15) is 22.4 Å². The molecule has 3 aromatic carbocycles. The number of benzene rings is 3. The molecule has 0 unspecified atom stereocenters. The molecule has 0 spiro atoms. The van der Waals surface area contributed by atoms with Crippen molar-refractivity contribution < 1.29 is 12.3 Å². The van der Waals surface area contributed by atoms with Gasteiger partial charge in [0.05, 0.1) is 27.4 Å². The predicted octanol–water partition coefficient (Wildman–Crippen LogP) is 5.48. The van der Waals surface area contributed by atoms with Gasteiger partial charge in [0.2, 0.25) is 0 Å². The summed E-state index contributed by atoms with van der Waals surface area (Å²) in [7, 11) is -4.84. The van der Waals surface area contributed by atoms with Crippen molar-refractivity contribution in [1.29, 1.82) is 5.26 Å². The van der Waals surface area contributed by atoms with E-state index in [2.05, 4.69) is 15.6 Å². The Hall–Kier alpha value is -3.96. The number of fused-ring (bicyclic) bond motifs is 4. The van der Waals surface area contributed by atoms with Crippen molar-refractivity contribution in [2.45, 2.75) is 30.7 Å². The highest BCUT2D eigenvalue weighted by Gasteiger charge is 2.29. The lowest BCUT2D eigenvalue weighted by Crippen LogP contribution is -2.11. The highest BCUT2D eigenvalue weighted by molar-refractivity contribution is 7.86. The highest BCUT2D eigenvalue weighted by atomic mass is 32.3. The summed E-state index contributed by atoms with van der Waals surface area (Å²) in [4.78, 5) is 16.6. The molecule has 0 radical (unpaired) electrons. The fourth-order valence-corrected chi connectivity index (χ4v) is 5.34. The van der Waals surface area contributed by atoms with Crippen molar-refractivity contribution in [3.05, 3.63) is 75.9 Å². The molecule has 6 nitrogen and oxygen atoms in total. The summed E-state index contributed by atoms with van der Waals surface area (Å²) in [6.07, 6.45) is 1.95. The van der Waals surface area contributed by atoms with E-state index in [1.54, 1.807) is 24.3 Å². The molecular formula is C26H18FN3O3S. The normalized spacial score (nSPS) is 14.1. The molecule has 8 heteroatoms. The predicted molar refractivity (Wildman–Crippen MR) is 129 cm³/mol. The van der Waals surface area contributed by atoms with E-state index in [1.807, 2.05) is 19.1 Å². The quantitative estimate of drug-likeness (QED) is 0.353. The number of nitrogens with zero attached hydrogens (tertiary/aromatic N) is 2. The van der Waals surface area contributed by atoms with Gasteiger partial charge in [-0.25, -0.2) is 0 Å². The molecule has 2 aromatic heterocycles. The third-order valence-corrected chi connectivity index (χ3v) is 7.38. The number of rotatable bonds is 3. The van der Waals surface area contributed by atoms with Crippen LogP contribution in [0.25, 0.3) is 44.0 Å². The molecule has 168 valence electrons. The van der Waals surface area contributed by atoms with E-state index >= 15 is 0 Å². The first-order chi connectivity index (χ1) is 16.3. The van der Waals surface area contributed by atoms with Crippen LogP contribution < -0.4 is 5.43 Å². The first-order valence-corrected chi connectivity index (χ1v) is 12.2. The third kappa shape index (κ3) is 3.05. The molecule has 0 amide bonds. The number of hydrogen-bond acceptors (Lipinski definition) is 4. The van der Waals surface area contributed by atoms with Crippen molar-refractivity contribution in [3.8, 4) is 17.2 Å². The van der Waals surface area contributed by atoms with E-state index in [1.165, 1.54) is 18.2 Å². The van der Waals surface area contributed by atoms with E-state index in [0.717, 1.165) is 40.4 Å². The van der Waals surface area contributed by atoms with Crippen LogP contribution in [0.15, 0.2) is 64.3 Å². The van der Waals surface area contributed by atoms with Gasteiger partial charge in [-0.15, -0.1) is 3.89 Å². The van der Waals surface area contributed by atoms with Gasteiger partial charge < -0.3 is 9.55 Å². The number of nitrogens with one attached hydrogen (secondary N) is 1. The number of nitriles is 1. The second kappa shape index (κ2) is 7.02. The van der Waals surface area contributed by atoms with Crippen LogP contribution >= 0.6 is 0 Å². The van der Waals surface area contributed by atoms with Gasteiger partial charge in [0.1, 0.15) is 5.65 Å². The molecule has 1 aliphatic carbocycles. The summed E-state index contributed by atoms with van der Waals surface area (Å²) in [6, 6.07) is 17.1. The van der Waals surface area contributed by atoms with Crippen LogP contribution in [0.3, 0.4) is 0 Å². The van der Waals surface area contributed by atoms with Crippen LogP contribution in [-0.4, -0.2) is 18.0 Å². The number of aromatic nitrogens is 2. The third-order valence-electron chi connectivity index (χ3n) is 6.56. The van der Waals surface area contributed by atoms with E-state index in [4.69, 9.17) is 0 Å². The van der Waals surface area contributed by atoms with Crippen LogP contribution in [-0.2, 0) is 10.2 Å². The maximum atomic E-state index is 13.7. The molecule has 5 aromatic rings. The maximum Gasteiger partial charge on any atom is 0.332 e. The largest absolute Gasteiger partial charge is 0.340 e. The molecule has 1 fully saturated rings. The van der Waals surface area contributed by atoms with Crippen LogP contribution in [0.2, 0.25) is 0 Å². The van der Waals surface area contributed by atoms with E-state index < -0.39 is 15.1 Å². The monoisotopic (exact) mass is 471 g/mol. The van der Waals surface area contributed by atoms with Crippen LogP contribution in [0, 0.1) is 18.3 Å². The summed E-state index contributed by atoms with van der Waals surface area (Å²) in [6.45, 7) is 1.85. The zero-order valence-electron chi connectivity index (χ0n) is 18.1. The van der Waals surface area contributed by atoms with Gasteiger partial charge in [-0.1, -0.05) is 18.2 Å². The smallest absolute Gasteiger partial charge is 0.332 e. The van der Waals surface area contributed by atoms with Crippen molar-refractivity contribution in [3.63, 3.8) is 0 Å². The summed E-state index contributed by atoms with van der Waals surface area (Å²) in [5.74, 6) is 0. The lowest BCUT2D eigenvalue weighted by atomic mass is 9.97. The number of aryl methyl sites for hydroxylation is 1. The van der Waals surface area contributed by atoms with Crippen molar-refractivity contribution >= 4 is 43.1 Å². The van der Waals surface area contributed by atoms with Crippen LogP contribution in [0.1, 0.15) is 30.0 Å². The second-order valence-corrected chi connectivity index (χ2v) is 10.1. The Kier molecular flexibility index (Phi) is 4.26. The van der Waals surface area contributed by atoms with Crippen molar-refractivity contribution in [1.82, 2.24) is 9.55 Å². The average molecular weight is 472 g/mol. The van der Waals surface area contributed by atoms with Gasteiger partial charge in [-0.05, 0) is 72.9 Å². The zero-order valence-corrected chi connectivity index (χ0v) is 18.9. The minimum Gasteiger partial charge on any atom is -0.340 e. The molecule has 0 aliphatic heterocycles. The molecule has 2 heterocycles.